The van der Waals surface area contributed by atoms with Gasteiger partial charge in [-0.3, -0.25) is 4.79 Å². The predicted octanol–water partition coefficient (Wildman–Crippen LogP) is 1.91. The van der Waals surface area contributed by atoms with Crippen molar-refractivity contribution in [2.24, 2.45) is 12.5 Å². The first-order chi connectivity index (χ1) is 7.61. The van der Waals surface area contributed by atoms with Crippen molar-refractivity contribution in [2.75, 3.05) is 5.75 Å². The molecule has 1 fully saturated rings. The first kappa shape index (κ1) is 11.5. The quantitative estimate of drug-likeness (QED) is 0.825. The second-order valence-corrected chi connectivity index (χ2v) is 5.54. The predicted molar refractivity (Wildman–Crippen MR) is 63.3 cm³/mol. The molecule has 1 heterocycles. The van der Waals surface area contributed by atoms with Gasteiger partial charge in [0.15, 0.2) is 0 Å². The summed E-state index contributed by atoms with van der Waals surface area (Å²) in [6, 6.07) is 0. The second-order valence-electron chi connectivity index (χ2n) is 4.56. The van der Waals surface area contributed by atoms with Gasteiger partial charge in [0.25, 0.3) is 0 Å². The molecule has 1 aromatic rings. The number of carbonyl (C=O) groups is 1. The Balaban J connectivity index is 1.76. The molecule has 5 heteroatoms. The maximum absolute atomic E-state index is 10.7. The van der Waals surface area contributed by atoms with Crippen LogP contribution in [0.25, 0.3) is 0 Å². The van der Waals surface area contributed by atoms with Crippen molar-refractivity contribution in [3.63, 3.8) is 0 Å². The minimum absolute atomic E-state index is 0.0924. The second kappa shape index (κ2) is 4.49. The highest BCUT2D eigenvalue weighted by Gasteiger charge is 2.44. The molecule has 2 rings (SSSR count). The van der Waals surface area contributed by atoms with E-state index in [1.165, 1.54) is 5.69 Å². The molecule has 0 unspecified atom stereocenters. The summed E-state index contributed by atoms with van der Waals surface area (Å²) >= 11 is 1.81. The van der Waals surface area contributed by atoms with Gasteiger partial charge >= 0.3 is 5.97 Å². The van der Waals surface area contributed by atoms with E-state index >= 15 is 0 Å². The highest BCUT2D eigenvalue weighted by atomic mass is 32.2. The average Bonchev–Trinajstić information content (AvgIpc) is 2.82. The van der Waals surface area contributed by atoms with E-state index < -0.39 is 5.97 Å². The molecule has 0 spiro atoms. The van der Waals surface area contributed by atoms with Crippen LogP contribution < -0.4 is 0 Å². The van der Waals surface area contributed by atoms with E-state index in [-0.39, 0.29) is 5.41 Å². The third kappa shape index (κ3) is 2.78. The Kier molecular flexibility index (Phi) is 3.23. The molecule has 1 aliphatic rings. The third-order valence-corrected chi connectivity index (χ3v) is 4.37. The number of hydrogen-bond donors (Lipinski definition) is 1. The number of thioether (sulfide) groups is 1. The van der Waals surface area contributed by atoms with E-state index in [0.717, 1.165) is 24.3 Å². The molecule has 0 saturated heterocycles. The average molecular weight is 240 g/mol. The fraction of sp³-hybridized carbons (Fsp3) is 0.636. The zero-order valence-electron chi connectivity index (χ0n) is 9.35. The number of rotatable bonds is 6. The summed E-state index contributed by atoms with van der Waals surface area (Å²) in [5, 5.41) is 8.79. The molecule has 4 nitrogen and oxygen atoms in total. The SMILES string of the molecule is Cn1cncc1CSCC1(CC(=O)O)CC1. The lowest BCUT2D eigenvalue weighted by Gasteiger charge is -2.11. The molecule has 0 atom stereocenters. The molecule has 88 valence electrons. The molecule has 0 aromatic carbocycles. The van der Waals surface area contributed by atoms with Crippen LogP contribution in [-0.4, -0.2) is 26.4 Å². The number of aromatic nitrogens is 2. The van der Waals surface area contributed by atoms with E-state index in [2.05, 4.69) is 4.98 Å². The van der Waals surface area contributed by atoms with Gasteiger partial charge in [-0.1, -0.05) is 0 Å². The van der Waals surface area contributed by atoms with Crippen LogP contribution >= 0.6 is 11.8 Å². The van der Waals surface area contributed by atoms with Crippen molar-refractivity contribution in [3.05, 3.63) is 18.2 Å². The Morgan fingerprint density at radius 3 is 2.94 bits per heavy atom. The smallest absolute Gasteiger partial charge is 0.303 e. The Bertz CT molecular complexity index is 385. The van der Waals surface area contributed by atoms with Gasteiger partial charge in [0.2, 0.25) is 0 Å². The van der Waals surface area contributed by atoms with Crippen molar-refractivity contribution < 1.29 is 9.90 Å². The van der Waals surface area contributed by atoms with Crippen LogP contribution in [0.3, 0.4) is 0 Å². The van der Waals surface area contributed by atoms with Gasteiger partial charge in [-0.2, -0.15) is 11.8 Å². The standard InChI is InChI=1S/C11H16N2O2S/c1-13-8-12-5-9(13)6-16-7-11(2-3-11)4-10(14)15/h5,8H,2-4,6-7H2,1H3,(H,14,15). The minimum Gasteiger partial charge on any atom is -0.481 e. The lowest BCUT2D eigenvalue weighted by atomic mass is 10.1. The van der Waals surface area contributed by atoms with Gasteiger partial charge in [0.1, 0.15) is 0 Å². The molecular weight excluding hydrogens is 224 g/mol. The lowest BCUT2D eigenvalue weighted by Crippen LogP contribution is -2.11. The van der Waals surface area contributed by atoms with Gasteiger partial charge in [0, 0.05) is 24.7 Å². The molecule has 1 N–H and O–H groups in total. The van der Waals surface area contributed by atoms with Crippen LogP contribution in [0, 0.1) is 5.41 Å². The summed E-state index contributed by atoms with van der Waals surface area (Å²) in [6.07, 6.45) is 6.12. The van der Waals surface area contributed by atoms with Crippen molar-refractivity contribution in [1.29, 1.82) is 0 Å². The van der Waals surface area contributed by atoms with Crippen molar-refractivity contribution in [2.45, 2.75) is 25.0 Å². The highest BCUT2D eigenvalue weighted by molar-refractivity contribution is 7.98. The van der Waals surface area contributed by atoms with Crippen molar-refractivity contribution in [3.8, 4) is 0 Å². The Hall–Kier alpha value is -0.970. The molecule has 0 aliphatic heterocycles. The molecular formula is C11H16N2O2S. The summed E-state index contributed by atoms with van der Waals surface area (Å²) in [4.78, 5) is 14.7. The number of imidazole rings is 1. The van der Waals surface area contributed by atoms with Gasteiger partial charge in [-0.15, -0.1) is 0 Å². The largest absolute Gasteiger partial charge is 0.481 e. The van der Waals surface area contributed by atoms with E-state index in [9.17, 15) is 4.79 Å². The summed E-state index contributed by atoms with van der Waals surface area (Å²) in [5.41, 5.74) is 1.28. The normalized spacial score (nSPS) is 17.3. The maximum Gasteiger partial charge on any atom is 0.303 e. The summed E-state index contributed by atoms with van der Waals surface area (Å²) in [7, 11) is 1.98. The summed E-state index contributed by atoms with van der Waals surface area (Å²) in [6.45, 7) is 0. The van der Waals surface area contributed by atoms with Crippen LogP contribution in [0.5, 0.6) is 0 Å². The maximum atomic E-state index is 10.7. The number of aryl methyl sites for hydroxylation is 1. The van der Waals surface area contributed by atoms with Crippen LogP contribution in [-0.2, 0) is 17.6 Å². The van der Waals surface area contributed by atoms with E-state index in [1.807, 2.05) is 29.6 Å². The van der Waals surface area contributed by atoms with Crippen LogP contribution in [0.15, 0.2) is 12.5 Å². The minimum atomic E-state index is -0.668. The molecule has 0 bridgehead atoms. The highest BCUT2D eigenvalue weighted by Crippen LogP contribution is 2.51. The number of aliphatic carboxylic acids is 1. The fourth-order valence-corrected chi connectivity index (χ4v) is 3.18. The van der Waals surface area contributed by atoms with Crippen molar-refractivity contribution in [1.82, 2.24) is 9.55 Å². The molecule has 0 amide bonds. The number of hydrogen-bond acceptors (Lipinski definition) is 3. The van der Waals surface area contributed by atoms with Crippen LogP contribution in [0.4, 0.5) is 0 Å². The first-order valence-electron chi connectivity index (χ1n) is 5.36. The topological polar surface area (TPSA) is 55.1 Å². The molecule has 1 aromatic heterocycles. The summed E-state index contributed by atoms with van der Waals surface area (Å²) < 4.78 is 2.00. The molecule has 1 saturated carbocycles. The zero-order valence-corrected chi connectivity index (χ0v) is 10.2. The Morgan fingerprint density at radius 1 is 1.69 bits per heavy atom. The first-order valence-corrected chi connectivity index (χ1v) is 6.52. The van der Waals surface area contributed by atoms with Gasteiger partial charge in [-0.05, 0) is 24.0 Å². The van der Waals surface area contributed by atoms with Gasteiger partial charge in [0.05, 0.1) is 12.7 Å². The van der Waals surface area contributed by atoms with E-state index in [0.29, 0.717) is 6.42 Å². The number of carboxylic acids is 1. The fourth-order valence-electron chi connectivity index (χ4n) is 1.77. The molecule has 0 radical (unpaired) electrons. The Morgan fingerprint density at radius 2 is 2.44 bits per heavy atom. The lowest BCUT2D eigenvalue weighted by molar-refractivity contribution is -0.138. The van der Waals surface area contributed by atoms with E-state index in [1.54, 1.807) is 6.33 Å². The van der Waals surface area contributed by atoms with Crippen molar-refractivity contribution >= 4 is 17.7 Å². The van der Waals surface area contributed by atoms with Gasteiger partial charge < -0.3 is 9.67 Å². The van der Waals surface area contributed by atoms with E-state index in [4.69, 9.17) is 5.11 Å². The third-order valence-electron chi connectivity index (χ3n) is 3.06. The monoisotopic (exact) mass is 240 g/mol. The van der Waals surface area contributed by atoms with Gasteiger partial charge in [-0.25, -0.2) is 4.98 Å². The Labute approximate surface area is 99.1 Å². The molecule has 1 aliphatic carbocycles. The number of carboxylic acid groups (broad SMARTS) is 1. The summed E-state index contributed by atoms with van der Waals surface area (Å²) in [5.74, 6) is 1.20. The zero-order chi connectivity index (χ0) is 11.6. The van der Waals surface area contributed by atoms with Crippen LogP contribution in [0.1, 0.15) is 25.0 Å². The van der Waals surface area contributed by atoms with Crippen LogP contribution in [0.2, 0.25) is 0 Å². The number of nitrogens with zero attached hydrogens (tertiary/aromatic N) is 2. The molecule has 16 heavy (non-hydrogen) atoms.